The zero-order valence-corrected chi connectivity index (χ0v) is 55.7. The van der Waals surface area contributed by atoms with Crippen LogP contribution in [0.15, 0.2) is 0 Å². The molecule has 10 nitrogen and oxygen atoms in total. The van der Waals surface area contributed by atoms with E-state index in [0.29, 0.717) is 19.6 Å². The summed E-state index contributed by atoms with van der Waals surface area (Å²) in [7, 11) is -3.02. The topological polar surface area (TPSA) is 114 Å². The van der Waals surface area contributed by atoms with Crippen LogP contribution in [-0.4, -0.2) is 129 Å². The van der Waals surface area contributed by atoms with E-state index < -0.39 is 7.14 Å². The lowest BCUT2D eigenvalue weighted by molar-refractivity contribution is -0.121. The van der Waals surface area contributed by atoms with E-state index in [1.54, 1.807) is 0 Å². The number of carbonyl (C=O) groups excluding carboxylic acids is 3. The van der Waals surface area contributed by atoms with E-state index >= 15 is 0 Å². The molecule has 0 aromatic rings. The summed E-state index contributed by atoms with van der Waals surface area (Å²) in [6.07, 6.45) is 55.5. The van der Waals surface area contributed by atoms with Gasteiger partial charge in [0.1, 0.15) is 0 Å². The van der Waals surface area contributed by atoms with E-state index in [1.807, 2.05) is 0 Å². The van der Waals surface area contributed by atoms with Crippen LogP contribution in [0, 0.1) is 0 Å². The predicted molar refractivity (Wildman–Crippen MR) is 352 cm³/mol. The average molecular weight is 1150 g/mol. The van der Waals surface area contributed by atoms with Gasteiger partial charge in [-0.2, -0.15) is 0 Å². The molecule has 0 heterocycles. The van der Waals surface area contributed by atoms with Crippen molar-refractivity contribution >= 4 is 24.9 Å². The third-order valence-corrected chi connectivity index (χ3v) is 20.1. The fourth-order valence-corrected chi connectivity index (χ4v) is 13.8. The molecule has 0 aliphatic carbocycles. The first-order valence-electron chi connectivity index (χ1n) is 35.7. The quantitative estimate of drug-likeness (QED) is 0.0411. The zero-order chi connectivity index (χ0) is 58.5. The molecule has 476 valence electrons. The molecule has 0 radical (unpaired) electrons. The van der Waals surface area contributed by atoms with E-state index in [2.05, 4.69) is 72.2 Å². The van der Waals surface area contributed by atoms with Crippen LogP contribution < -0.4 is 16.0 Å². The monoisotopic (exact) mass is 1150 g/mol. The van der Waals surface area contributed by atoms with Crippen LogP contribution in [0.4, 0.5) is 0 Å². The van der Waals surface area contributed by atoms with Crippen molar-refractivity contribution in [1.29, 1.82) is 0 Å². The summed E-state index contributed by atoms with van der Waals surface area (Å²) >= 11 is 0. The fourth-order valence-electron chi connectivity index (χ4n) is 11.3. The maximum atomic E-state index is 14.9. The summed E-state index contributed by atoms with van der Waals surface area (Å²) < 4.78 is 14.9. The number of nitrogens with zero attached hydrogens (tertiary/aromatic N) is 3. The Balaban J connectivity index is 5.71. The van der Waals surface area contributed by atoms with E-state index in [4.69, 9.17) is 0 Å². The molecular weight excluding hydrogens is 1010 g/mol. The van der Waals surface area contributed by atoms with Crippen molar-refractivity contribution in [1.82, 2.24) is 30.7 Å². The van der Waals surface area contributed by atoms with Gasteiger partial charge in [-0.1, -0.05) is 273 Å². The Morgan fingerprint density at radius 2 is 0.412 bits per heavy atom. The van der Waals surface area contributed by atoms with Crippen molar-refractivity contribution in [3.63, 3.8) is 0 Å². The first kappa shape index (κ1) is 78.5. The van der Waals surface area contributed by atoms with Crippen molar-refractivity contribution in [2.45, 2.75) is 330 Å². The van der Waals surface area contributed by atoms with Gasteiger partial charge >= 0.3 is 0 Å². The number of nitrogens with one attached hydrogen (secondary N) is 3. The Kier molecular flexibility index (Phi) is 60.9. The van der Waals surface area contributed by atoms with Crippen LogP contribution in [0.3, 0.4) is 0 Å². The SMILES string of the molecule is CCCCCCCCCN(CCCCCCCCC)CCNC(=O)CCP(=O)(CCC(=O)NCCN(CCCCCCCCC)CCCCCCCCC)CCC(=O)NCCN(CCCCCCCCC)CCCCCCCCC. The molecule has 3 amide bonds. The van der Waals surface area contributed by atoms with Crippen molar-refractivity contribution in [2.24, 2.45) is 0 Å². The molecule has 0 atom stereocenters. The highest BCUT2D eigenvalue weighted by Crippen LogP contribution is 2.47. The van der Waals surface area contributed by atoms with Crippen molar-refractivity contribution in [3.05, 3.63) is 0 Å². The van der Waals surface area contributed by atoms with Crippen LogP contribution in [0.5, 0.6) is 0 Å². The van der Waals surface area contributed by atoms with E-state index in [0.717, 1.165) is 58.9 Å². The van der Waals surface area contributed by atoms with Crippen molar-refractivity contribution in [3.8, 4) is 0 Å². The van der Waals surface area contributed by atoms with E-state index in [-0.39, 0.29) is 55.5 Å². The number of rotatable bonds is 66. The van der Waals surface area contributed by atoms with Crippen LogP contribution >= 0.6 is 7.14 Å². The van der Waals surface area contributed by atoms with Crippen molar-refractivity contribution < 1.29 is 18.9 Å². The molecule has 0 aliphatic rings. The standard InChI is InChI=1S/C69H141N6O4P/c1-7-13-19-25-31-37-43-55-73(56-44-38-32-26-20-14-8-2)61-52-70-67(76)49-64-80(79,65-50-68(77)71-53-62-74(57-45-39-33-27-21-15-9-3)58-46-40-34-28-22-16-10-4)66-51-69(78)72-54-63-75(59-47-41-35-29-23-17-11-5)60-48-42-36-30-24-18-12-6/h7-66H2,1-6H3,(H,70,76)(H,71,77)(H,72,78). The highest BCUT2D eigenvalue weighted by molar-refractivity contribution is 7.64. The highest BCUT2D eigenvalue weighted by atomic mass is 31.2. The summed E-state index contributed by atoms with van der Waals surface area (Å²) in [5.41, 5.74) is 0. The zero-order valence-electron chi connectivity index (χ0n) is 54.8. The van der Waals surface area contributed by atoms with Crippen LogP contribution in [0.25, 0.3) is 0 Å². The summed E-state index contributed by atoms with van der Waals surface area (Å²) in [5.74, 6) is -0.222. The lowest BCUT2D eigenvalue weighted by atomic mass is 10.1. The molecule has 0 unspecified atom stereocenters. The molecule has 0 bridgehead atoms. The van der Waals surface area contributed by atoms with Crippen LogP contribution in [-0.2, 0) is 18.9 Å². The molecule has 0 rings (SSSR count). The molecule has 0 fully saturated rings. The van der Waals surface area contributed by atoms with Gasteiger partial charge in [-0.05, 0) is 77.8 Å². The first-order chi connectivity index (χ1) is 39.2. The number of carbonyl (C=O) groups is 3. The van der Waals surface area contributed by atoms with Gasteiger partial charge in [0.05, 0.1) is 7.14 Å². The number of unbranched alkanes of at least 4 members (excludes halogenated alkanes) is 36. The smallest absolute Gasteiger partial charge is 0.220 e. The summed E-state index contributed by atoms with van der Waals surface area (Å²) in [4.78, 5) is 48.2. The van der Waals surface area contributed by atoms with Gasteiger partial charge in [-0.3, -0.25) is 14.4 Å². The van der Waals surface area contributed by atoms with Crippen LogP contribution in [0.2, 0.25) is 0 Å². The third-order valence-electron chi connectivity index (χ3n) is 17.0. The summed E-state index contributed by atoms with van der Waals surface area (Å²) in [6.45, 7) is 24.4. The summed E-state index contributed by atoms with van der Waals surface area (Å²) in [5, 5.41) is 9.57. The van der Waals surface area contributed by atoms with Crippen molar-refractivity contribution in [2.75, 3.05) is 97.0 Å². The maximum absolute atomic E-state index is 14.9. The lowest BCUT2D eigenvalue weighted by Crippen LogP contribution is -2.37. The molecular formula is C69H141N6O4P. The minimum absolute atomic E-state index is 0.0741. The molecule has 0 aromatic heterocycles. The molecule has 80 heavy (non-hydrogen) atoms. The van der Waals surface area contributed by atoms with Crippen LogP contribution in [0.1, 0.15) is 330 Å². The molecule has 0 spiro atoms. The van der Waals surface area contributed by atoms with Gasteiger partial charge < -0.3 is 35.2 Å². The number of amides is 3. The Bertz CT molecular complexity index is 1160. The van der Waals surface area contributed by atoms with E-state index in [1.165, 1.54) is 270 Å². The van der Waals surface area contributed by atoms with Gasteiger partial charge in [0.2, 0.25) is 17.7 Å². The molecule has 11 heteroatoms. The molecule has 0 aromatic carbocycles. The minimum atomic E-state index is -3.02. The second-order valence-corrected chi connectivity index (χ2v) is 28.2. The lowest BCUT2D eigenvalue weighted by Gasteiger charge is -2.23. The molecule has 0 saturated heterocycles. The Morgan fingerprint density at radius 1 is 0.250 bits per heavy atom. The Morgan fingerprint density at radius 3 is 0.588 bits per heavy atom. The van der Waals surface area contributed by atoms with Gasteiger partial charge in [0, 0.05) is 77.0 Å². The maximum Gasteiger partial charge on any atom is 0.220 e. The minimum Gasteiger partial charge on any atom is -0.355 e. The fraction of sp³-hybridized carbons (Fsp3) is 0.957. The Hall–Kier alpha value is -1.48. The van der Waals surface area contributed by atoms with Gasteiger partial charge in [-0.15, -0.1) is 0 Å². The molecule has 0 saturated carbocycles. The largest absolute Gasteiger partial charge is 0.355 e. The Labute approximate surface area is 499 Å². The van der Waals surface area contributed by atoms with E-state index in [9.17, 15) is 18.9 Å². The normalized spacial score (nSPS) is 11.9. The predicted octanol–water partition coefficient (Wildman–Crippen LogP) is 18.3. The molecule has 3 N–H and O–H groups in total. The van der Waals surface area contributed by atoms with Gasteiger partial charge in [0.15, 0.2) is 0 Å². The molecule has 0 aliphatic heterocycles. The average Bonchev–Trinajstić information content (AvgIpc) is 3.45. The number of hydrogen-bond donors (Lipinski definition) is 3. The van der Waals surface area contributed by atoms with Gasteiger partial charge in [-0.25, -0.2) is 0 Å². The first-order valence-corrected chi connectivity index (χ1v) is 38.0. The second-order valence-electron chi connectivity index (χ2n) is 24.8. The van der Waals surface area contributed by atoms with Gasteiger partial charge in [0.25, 0.3) is 0 Å². The highest BCUT2D eigenvalue weighted by Gasteiger charge is 2.26. The second kappa shape index (κ2) is 62.1. The number of hydrogen-bond acceptors (Lipinski definition) is 7. The summed E-state index contributed by atoms with van der Waals surface area (Å²) in [6, 6.07) is 0. The third kappa shape index (κ3) is 55.7.